The maximum atomic E-state index is 8.88. The van der Waals surface area contributed by atoms with Gasteiger partial charge in [-0.3, -0.25) is 0 Å². The highest BCUT2D eigenvalue weighted by atomic mass is 16.5. The van der Waals surface area contributed by atoms with Gasteiger partial charge in [0.15, 0.2) is 0 Å². The van der Waals surface area contributed by atoms with Crippen LogP contribution in [0.2, 0.25) is 0 Å². The number of nitrogens with zero attached hydrogens (tertiary/aromatic N) is 2. The summed E-state index contributed by atoms with van der Waals surface area (Å²) in [5.74, 6) is 0.828. The lowest BCUT2D eigenvalue weighted by Crippen LogP contribution is -2.21. The van der Waals surface area contributed by atoms with Crippen molar-refractivity contribution in [1.29, 1.82) is 5.26 Å². The van der Waals surface area contributed by atoms with Crippen LogP contribution in [0.1, 0.15) is 17.5 Å². The third-order valence-electron chi connectivity index (χ3n) is 2.68. The second kappa shape index (κ2) is 7.70. The predicted octanol–water partition coefficient (Wildman–Crippen LogP) is 1.61. The summed E-state index contributed by atoms with van der Waals surface area (Å²) < 4.78 is 5.28. The first kappa shape index (κ1) is 14.5. The highest BCUT2D eigenvalue weighted by Crippen LogP contribution is 2.19. The second-order valence-corrected chi connectivity index (χ2v) is 4.47. The Balaban J connectivity index is 2.48. The van der Waals surface area contributed by atoms with Gasteiger partial charge in [-0.15, -0.1) is 0 Å². The largest absolute Gasteiger partial charge is 0.496 e. The van der Waals surface area contributed by atoms with E-state index in [2.05, 4.69) is 30.4 Å². The molecule has 0 unspecified atom stereocenters. The molecule has 0 fully saturated rings. The Morgan fingerprint density at radius 2 is 2.17 bits per heavy atom. The maximum absolute atomic E-state index is 8.88. The zero-order valence-electron chi connectivity index (χ0n) is 11.4. The van der Waals surface area contributed by atoms with E-state index in [0.717, 1.165) is 37.4 Å². The van der Waals surface area contributed by atoms with Gasteiger partial charge >= 0.3 is 0 Å². The lowest BCUT2D eigenvalue weighted by molar-refractivity contribution is 0.391. The number of nitriles is 1. The summed E-state index contributed by atoms with van der Waals surface area (Å²) in [6, 6.07) is 7.63. The van der Waals surface area contributed by atoms with Crippen LogP contribution in [0.25, 0.3) is 0 Å². The SMILES string of the molecule is COc1ccc(C#N)cc1CNCCCN(C)C. The van der Waals surface area contributed by atoms with Crippen molar-refractivity contribution in [3.8, 4) is 11.8 Å². The highest BCUT2D eigenvalue weighted by Gasteiger charge is 2.03. The molecule has 0 aliphatic rings. The van der Waals surface area contributed by atoms with Gasteiger partial charge in [-0.2, -0.15) is 5.26 Å². The minimum atomic E-state index is 0.667. The Bertz CT molecular complexity index is 410. The molecule has 0 bridgehead atoms. The fourth-order valence-electron chi connectivity index (χ4n) is 1.73. The van der Waals surface area contributed by atoms with Crippen molar-refractivity contribution in [2.75, 3.05) is 34.3 Å². The van der Waals surface area contributed by atoms with Gasteiger partial charge in [0, 0.05) is 12.1 Å². The van der Waals surface area contributed by atoms with E-state index < -0.39 is 0 Å². The summed E-state index contributed by atoms with van der Waals surface area (Å²) in [6.45, 7) is 2.76. The molecule has 4 heteroatoms. The van der Waals surface area contributed by atoms with Crippen LogP contribution >= 0.6 is 0 Å². The predicted molar refractivity (Wildman–Crippen MR) is 72.6 cm³/mol. The quantitative estimate of drug-likeness (QED) is 0.744. The van der Waals surface area contributed by atoms with Gasteiger partial charge in [0.25, 0.3) is 0 Å². The minimum Gasteiger partial charge on any atom is -0.496 e. The Hall–Kier alpha value is -1.57. The fraction of sp³-hybridized carbons (Fsp3) is 0.500. The molecule has 4 nitrogen and oxygen atoms in total. The van der Waals surface area contributed by atoms with E-state index in [9.17, 15) is 0 Å². The smallest absolute Gasteiger partial charge is 0.123 e. The molecule has 0 radical (unpaired) electrons. The molecule has 0 saturated heterocycles. The van der Waals surface area contributed by atoms with E-state index in [1.54, 1.807) is 13.2 Å². The van der Waals surface area contributed by atoms with Crippen LogP contribution in [0.15, 0.2) is 18.2 Å². The lowest BCUT2D eigenvalue weighted by atomic mass is 10.1. The molecule has 0 spiro atoms. The molecule has 98 valence electrons. The molecule has 0 atom stereocenters. The first-order valence-electron chi connectivity index (χ1n) is 6.10. The number of hydrogen-bond donors (Lipinski definition) is 1. The summed E-state index contributed by atoms with van der Waals surface area (Å²) in [6.07, 6.45) is 1.10. The molecule has 0 aliphatic carbocycles. The minimum absolute atomic E-state index is 0.667. The Morgan fingerprint density at radius 3 is 2.78 bits per heavy atom. The molecule has 1 aromatic carbocycles. The molecule has 1 rings (SSSR count). The molecule has 0 aliphatic heterocycles. The maximum Gasteiger partial charge on any atom is 0.123 e. The monoisotopic (exact) mass is 247 g/mol. The topological polar surface area (TPSA) is 48.3 Å². The van der Waals surface area contributed by atoms with Crippen molar-refractivity contribution in [3.05, 3.63) is 29.3 Å². The molecule has 0 heterocycles. The van der Waals surface area contributed by atoms with Gasteiger partial charge in [-0.25, -0.2) is 0 Å². The van der Waals surface area contributed by atoms with Crippen LogP contribution in [-0.2, 0) is 6.54 Å². The average Bonchev–Trinajstić information content (AvgIpc) is 2.37. The molecule has 18 heavy (non-hydrogen) atoms. The second-order valence-electron chi connectivity index (χ2n) is 4.47. The summed E-state index contributed by atoms with van der Waals surface area (Å²) in [5, 5.41) is 12.2. The molecule has 1 aromatic rings. The molecular formula is C14H21N3O. The van der Waals surface area contributed by atoms with Crippen LogP contribution in [0.5, 0.6) is 5.75 Å². The lowest BCUT2D eigenvalue weighted by Gasteiger charge is -2.12. The van der Waals surface area contributed by atoms with Crippen molar-refractivity contribution in [1.82, 2.24) is 10.2 Å². The van der Waals surface area contributed by atoms with Crippen molar-refractivity contribution in [2.24, 2.45) is 0 Å². The van der Waals surface area contributed by atoms with E-state index in [1.807, 2.05) is 12.1 Å². The van der Waals surface area contributed by atoms with Gasteiger partial charge < -0.3 is 15.0 Å². The van der Waals surface area contributed by atoms with Crippen molar-refractivity contribution in [3.63, 3.8) is 0 Å². The molecule has 1 N–H and O–H groups in total. The van der Waals surface area contributed by atoms with Crippen LogP contribution in [-0.4, -0.2) is 39.2 Å². The van der Waals surface area contributed by atoms with Gasteiger partial charge in [-0.05, 0) is 51.8 Å². The van der Waals surface area contributed by atoms with E-state index in [-0.39, 0.29) is 0 Å². The molecule has 0 saturated carbocycles. The first-order valence-corrected chi connectivity index (χ1v) is 6.10. The molecular weight excluding hydrogens is 226 g/mol. The number of nitrogens with one attached hydrogen (secondary N) is 1. The summed E-state index contributed by atoms with van der Waals surface area (Å²) in [7, 11) is 5.79. The summed E-state index contributed by atoms with van der Waals surface area (Å²) >= 11 is 0. The Kier molecular flexibility index (Phi) is 6.20. The van der Waals surface area contributed by atoms with E-state index >= 15 is 0 Å². The van der Waals surface area contributed by atoms with Crippen LogP contribution in [0, 0.1) is 11.3 Å². The van der Waals surface area contributed by atoms with Crippen molar-refractivity contribution in [2.45, 2.75) is 13.0 Å². The standard InChI is InChI=1S/C14H21N3O/c1-17(2)8-4-7-16-11-13-9-12(10-15)5-6-14(13)18-3/h5-6,9,16H,4,7-8,11H2,1-3H3. The number of methoxy groups -OCH3 is 1. The van der Waals surface area contributed by atoms with Crippen LogP contribution in [0.3, 0.4) is 0 Å². The van der Waals surface area contributed by atoms with Crippen LogP contribution < -0.4 is 10.1 Å². The third-order valence-corrected chi connectivity index (χ3v) is 2.68. The summed E-state index contributed by atoms with van der Waals surface area (Å²) in [5.41, 5.74) is 1.70. The van der Waals surface area contributed by atoms with Crippen LogP contribution in [0.4, 0.5) is 0 Å². The van der Waals surface area contributed by atoms with E-state index in [4.69, 9.17) is 10.00 Å². The van der Waals surface area contributed by atoms with Crippen molar-refractivity contribution < 1.29 is 4.74 Å². The van der Waals surface area contributed by atoms with Gasteiger partial charge in [0.1, 0.15) is 5.75 Å². The number of rotatable bonds is 7. The average molecular weight is 247 g/mol. The molecule has 0 aromatic heterocycles. The van der Waals surface area contributed by atoms with Crippen molar-refractivity contribution >= 4 is 0 Å². The zero-order valence-corrected chi connectivity index (χ0v) is 11.4. The highest BCUT2D eigenvalue weighted by molar-refractivity contribution is 5.41. The fourth-order valence-corrected chi connectivity index (χ4v) is 1.73. The number of benzene rings is 1. The van der Waals surface area contributed by atoms with E-state index in [0.29, 0.717) is 5.56 Å². The first-order chi connectivity index (χ1) is 8.67. The van der Waals surface area contributed by atoms with Gasteiger partial charge in [0.05, 0.1) is 18.7 Å². The normalized spacial score (nSPS) is 10.4. The third kappa shape index (κ3) is 4.74. The van der Waals surface area contributed by atoms with Gasteiger partial charge in [-0.1, -0.05) is 0 Å². The molecule has 0 amide bonds. The number of hydrogen-bond acceptors (Lipinski definition) is 4. The number of ether oxygens (including phenoxy) is 1. The summed E-state index contributed by atoms with van der Waals surface area (Å²) in [4.78, 5) is 2.17. The Morgan fingerprint density at radius 1 is 1.39 bits per heavy atom. The zero-order chi connectivity index (χ0) is 13.4. The van der Waals surface area contributed by atoms with Gasteiger partial charge in [0.2, 0.25) is 0 Å². The van der Waals surface area contributed by atoms with E-state index in [1.165, 1.54) is 0 Å². The Labute approximate surface area is 109 Å².